The fraction of sp³-hybridized carbons (Fsp3) is 0.185. The third-order valence-corrected chi connectivity index (χ3v) is 6.32. The van der Waals surface area contributed by atoms with Gasteiger partial charge in [0.15, 0.2) is 5.82 Å². The normalized spacial score (nSPS) is 16.2. The van der Waals surface area contributed by atoms with E-state index in [2.05, 4.69) is 43.4 Å². The summed E-state index contributed by atoms with van der Waals surface area (Å²) >= 11 is 6.36. The Bertz CT molecular complexity index is 1380. The molecule has 5 rings (SSSR count). The number of rotatable bonds is 3. The number of hydrogen-bond acceptors (Lipinski definition) is 6. The molecule has 6 bridgehead atoms. The molecule has 182 valence electrons. The highest BCUT2D eigenvalue weighted by Gasteiger charge is 2.17. The molecule has 1 aliphatic heterocycles. The van der Waals surface area contributed by atoms with Gasteiger partial charge in [0.2, 0.25) is 11.9 Å². The van der Waals surface area contributed by atoms with Crippen molar-refractivity contribution in [2.75, 3.05) is 21.3 Å². The summed E-state index contributed by atoms with van der Waals surface area (Å²) in [5, 5.41) is 12.7. The maximum Gasteiger partial charge on any atom is 0.255 e. The lowest BCUT2D eigenvalue weighted by Gasteiger charge is -2.20. The van der Waals surface area contributed by atoms with Gasteiger partial charge in [-0.25, -0.2) is 4.98 Å². The van der Waals surface area contributed by atoms with E-state index in [-0.39, 0.29) is 11.8 Å². The zero-order valence-electron chi connectivity index (χ0n) is 19.6. The number of aryl methyl sites for hydroxylation is 1. The van der Waals surface area contributed by atoms with Crippen LogP contribution in [0.5, 0.6) is 0 Å². The van der Waals surface area contributed by atoms with Gasteiger partial charge in [-0.15, -0.1) is 0 Å². The van der Waals surface area contributed by atoms with Gasteiger partial charge in [0, 0.05) is 35.2 Å². The first kappa shape index (κ1) is 23.6. The van der Waals surface area contributed by atoms with E-state index >= 15 is 0 Å². The van der Waals surface area contributed by atoms with E-state index in [1.807, 2.05) is 24.3 Å². The van der Waals surface area contributed by atoms with E-state index in [1.165, 1.54) is 6.92 Å². The predicted molar refractivity (Wildman–Crippen MR) is 143 cm³/mol. The Morgan fingerprint density at radius 2 is 1.92 bits per heavy atom. The average Bonchev–Trinajstić information content (AvgIpc) is 2.86. The van der Waals surface area contributed by atoms with E-state index in [4.69, 9.17) is 11.6 Å². The number of halogens is 1. The number of carbonyl (C=O) groups excluding carboxylic acids is 2. The van der Waals surface area contributed by atoms with Crippen molar-refractivity contribution in [3.63, 3.8) is 0 Å². The van der Waals surface area contributed by atoms with Gasteiger partial charge in [0.25, 0.3) is 5.91 Å². The second kappa shape index (κ2) is 10.2. The molecule has 0 fully saturated rings. The first-order valence-electron chi connectivity index (χ1n) is 11.7. The van der Waals surface area contributed by atoms with E-state index < -0.39 is 0 Å². The number of allylic oxidation sites excluding steroid dienone is 4. The molecule has 2 amide bonds. The van der Waals surface area contributed by atoms with Crippen LogP contribution in [0.1, 0.15) is 35.7 Å². The Balaban J connectivity index is 1.43. The van der Waals surface area contributed by atoms with Crippen LogP contribution in [0.3, 0.4) is 0 Å². The lowest BCUT2D eigenvalue weighted by molar-refractivity contribution is -0.114. The Morgan fingerprint density at radius 3 is 2.72 bits per heavy atom. The lowest BCUT2D eigenvalue weighted by Crippen LogP contribution is -2.14. The highest BCUT2D eigenvalue weighted by Crippen LogP contribution is 2.31. The minimum Gasteiger partial charge on any atom is -0.339 e. The molecular weight excluding hydrogens is 476 g/mol. The minimum atomic E-state index is -0.222. The van der Waals surface area contributed by atoms with Crippen molar-refractivity contribution < 1.29 is 9.59 Å². The summed E-state index contributed by atoms with van der Waals surface area (Å²) in [5.74, 6) is 0.937. The molecule has 36 heavy (non-hydrogen) atoms. The fourth-order valence-electron chi connectivity index (χ4n) is 4.28. The Labute approximate surface area is 213 Å². The number of nitrogens with one attached hydrogen (secondary N) is 4. The fourth-order valence-corrected chi connectivity index (χ4v) is 4.42. The highest BCUT2D eigenvalue weighted by molar-refractivity contribution is 6.32. The Kier molecular flexibility index (Phi) is 6.69. The maximum absolute atomic E-state index is 13.0. The number of nitrogens with zero attached hydrogens (tertiary/aromatic N) is 2. The molecule has 1 aliphatic carbocycles. The largest absolute Gasteiger partial charge is 0.339 e. The first-order chi connectivity index (χ1) is 17.4. The molecule has 9 heteroatoms. The molecule has 0 radical (unpaired) electrons. The van der Waals surface area contributed by atoms with Crippen molar-refractivity contribution in [1.82, 2.24) is 9.97 Å². The van der Waals surface area contributed by atoms with Crippen LogP contribution in [0.4, 0.5) is 28.8 Å². The molecular formula is C27H25ClN6O2. The number of carbonyl (C=O) groups is 2. The standard InChI is InChI=1S/C27H25ClN6O2/c1-16(35)30-20-9-7-18(8-10-20)26(36)33-24-12-11-22-14-19(24)6-5-17-3-2-4-21(13-17)32-27-29-15-23(28)25(31-22)34-27/h2-4,7-12,14-15,17H,5-6,13H2,1H3,(H,30,35)(H,33,36)(H2,29,31,32,34). The molecule has 2 aromatic carbocycles. The van der Waals surface area contributed by atoms with Crippen molar-refractivity contribution in [3.05, 3.63) is 88.7 Å². The molecule has 2 aliphatic rings. The van der Waals surface area contributed by atoms with Gasteiger partial charge in [0.05, 0.1) is 6.20 Å². The third-order valence-electron chi connectivity index (χ3n) is 6.05. The summed E-state index contributed by atoms with van der Waals surface area (Å²) in [6.45, 7) is 1.44. The number of amides is 2. The van der Waals surface area contributed by atoms with E-state index in [0.29, 0.717) is 34.0 Å². The Hall–Kier alpha value is -4.17. The van der Waals surface area contributed by atoms with Crippen molar-refractivity contribution in [2.45, 2.75) is 26.2 Å². The second-order valence-electron chi connectivity index (χ2n) is 8.80. The van der Waals surface area contributed by atoms with Crippen LogP contribution in [0.25, 0.3) is 0 Å². The van der Waals surface area contributed by atoms with Crippen molar-refractivity contribution in [3.8, 4) is 0 Å². The van der Waals surface area contributed by atoms with Gasteiger partial charge in [-0.3, -0.25) is 9.59 Å². The van der Waals surface area contributed by atoms with Gasteiger partial charge in [-0.05, 0) is 79.3 Å². The number of benzene rings is 2. The number of aromatic nitrogens is 2. The summed E-state index contributed by atoms with van der Waals surface area (Å²) in [4.78, 5) is 33.1. The van der Waals surface area contributed by atoms with Crippen LogP contribution in [-0.2, 0) is 11.2 Å². The van der Waals surface area contributed by atoms with Crippen LogP contribution in [-0.4, -0.2) is 21.8 Å². The molecule has 0 saturated heterocycles. The maximum atomic E-state index is 13.0. The topological polar surface area (TPSA) is 108 Å². The second-order valence-corrected chi connectivity index (χ2v) is 9.21. The SMILES string of the molecule is CC(=O)Nc1ccc(C(=O)Nc2ccc3cc2CCC2C=CC=C(C2)Nc2ncc(Cl)c(n2)N3)cc1. The summed E-state index contributed by atoms with van der Waals surface area (Å²) in [6, 6.07) is 12.6. The van der Waals surface area contributed by atoms with Crippen LogP contribution < -0.4 is 21.3 Å². The number of anilines is 5. The van der Waals surface area contributed by atoms with Crippen LogP contribution in [0, 0.1) is 5.92 Å². The first-order valence-corrected chi connectivity index (χ1v) is 12.1. The molecule has 0 spiro atoms. The highest BCUT2D eigenvalue weighted by atomic mass is 35.5. The monoisotopic (exact) mass is 500 g/mol. The van der Waals surface area contributed by atoms with Gasteiger partial charge in [-0.2, -0.15) is 4.98 Å². The van der Waals surface area contributed by atoms with Crippen molar-refractivity contribution >= 4 is 52.2 Å². The summed E-state index contributed by atoms with van der Waals surface area (Å²) in [5.41, 5.74) is 4.74. The average molecular weight is 501 g/mol. The summed E-state index contributed by atoms with van der Waals surface area (Å²) in [6.07, 6.45) is 10.4. The minimum absolute atomic E-state index is 0.161. The van der Waals surface area contributed by atoms with Gasteiger partial charge >= 0.3 is 0 Å². The zero-order chi connectivity index (χ0) is 25.1. The van der Waals surface area contributed by atoms with Gasteiger partial charge in [0.1, 0.15) is 5.02 Å². The van der Waals surface area contributed by atoms with Crippen LogP contribution in [0.2, 0.25) is 5.02 Å². The summed E-state index contributed by atoms with van der Waals surface area (Å²) in [7, 11) is 0. The van der Waals surface area contributed by atoms with Crippen molar-refractivity contribution in [2.24, 2.45) is 5.92 Å². The van der Waals surface area contributed by atoms with E-state index in [1.54, 1.807) is 30.5 Å². The third kappa shape index (κ3) is 5.55. The van der Waals surface area contributed by atoms with E-state index in [9.17, 15) is 9.59 Å². The molecule has 3 aromatic rings. The number of fused-ring (bicyclic) bond motifs is 6. The molecule has 0 saturated carbocycles. The Morgan fingerprint density at radius 1 is 1.08 bits per heavy atom. The quantitative estimate of drug-likeness (QED) is 0.356. The molecule has 4 N–H and O–H groups in total. The smallest absolute Gasteiger partial charge is 0.255 e. The molecule has 2 heterocycles. The summed E-state index contributed by atoms with van der Waals surface area (Å²) < 4.78 is 0. The zero-order valence-corrected chi connectivity index (χ0v) is 20.4. The van der Waals surface area contributed by atoms with Crippen LogP contribution >= 0.6 is 11.6 Å². The van der Waals surface area contributed by atoms with Crippen LogP contribution in [0.15, 0.2) is 72.6 Å². The molecule has 1 atom stereocenters. The van der Waals surface area contributed by atoms with Crippen molar-refractivity contribution in [1.29, 1.82) is 0 Å². The van der Waals surface area contributed by atoms with E-state index in [0.717, 1.165) is 41.9 Å². The van der Waals surface area contributed by atoms with Gasteiger partial charge in [-0.1, -0.05) is 23.8 Å². The number of hydrogen-bond donors (Lipinski definition) is 4. The predicted octanol–water partition coefficient (Wildman–Crippen LogP) is 5.90. The van der Waals surface area contributed by atoms with Gasteiger partial charge < -0.3 is 21.3 Å². The molecule has 8 nitrogen and oxygen atoms in total. The lowest BCUT2D eigenvalue weighted by atomic mass is 9.91. The molecule has 1 unspecified atom stereocenters. The molecule has 1 aromatic heterocycles.